The average Bonchev–Trinajstić information content (AvgIpc) is 2.32. The third kappa shape index (κ3) is 3.23. The number of aryl methyl sites for hydroxylation is 1. The van der Waals surface area contributed by atoms with Crippen LogP contribution < -0.4 is 9.88 Å². The number of hydrogen-bond acceptors (Lipinski definition) is 3. The van der Waals surface area contributed by atoms with Gasteiger partial charge in [-0.2, -0.15) is 0 Å². The molecule has 1 fully saturated rings. The lowest BCUT2D eigenvalue weighted by molar-refractivity contribution is 0.154. The molecule has 0 saturated heterocycles. The van der Waals surface area contributed by atoms with Gasteiger partial charge in [0.15, 0.2) is 0 Å². The van der Waals surface area contributed by atoms with Crippen molar-refractivity contribution in [3.8, 4) is 5.75 Å². The Balaban J connectivity index is 2.14. The molecule has 100 valence electrons. The van der Waals surface area contributed by atoms with Crippen molar-refractivity contribution in [2.45, 2.75) is 50.0 Å². The van der Waals surface area contributed by atoms with Gasteiger partial charge in [-0.15, -0.1) is 0 Å². The first-order valence-corrected chi connectivity index (χ1v) is 7.81. The number of sulfonamides is 1. The second kappa shape index (κ2) is 5.28. The van der Waals surface area contributed by atoms with Crippen molar-refractivity contribution >= 4 is 10.0 Å². The van der Waals surface area contributed by atoms with E-state index in [2.05, 4.69) is 0 Å². The summed E-state index contributed by atoms with van der Waals surface area (Å²) in [5, 5.41) is 5.09. The molecule has 0 amide bonds. The molecular formula is C13H19NO3S. The zero-order valence-corrected chi connectivity index (χ0v) is 11.4. The summed E-state index contributed by atoms with van der Waals surface area (Å²) < 4.78 is 28.4. The van der Waals surface area contributed by atoms with E-state index in [4.69, 9.17) is 9.88 Å². The van der Waals surface area contributed by atoms with Gasteiger partial charge < -0.3 is 4.74 Å². The Morgan fingerprint density at radius 2 is 1.89 bits per heavy atom. The lowest BCUT2D eigenvalue weighted by Gasteiger charge is -2.24. The number of rotatable bonds is 3. The summed E-state index contributed by atoms with van der Waals surface area (Å²) in [5.41, 5.74) is 0.812. The van der Waals surface area contributed by atoms with Crippen molar-refractivity contribution in [2.24, 2.45) is 5.14 Å². The Hall–Kier alpha value is -1.07. The van der Waals surface area contributed by atoms with Crippen molar-refractivity contribution < 1.29 is 13.2 Å². The summed E-state index contributed by atoms with van der Waals surface area (Å²) in [6.07, 6.45) is 6.12. The van der Waals surface area contributed by atoms with Gasteiger partial charge in [0.25, 0.3) is 0 Å². The van der Waals surface area contributed by atoms with E-state index in [-0.39, 0.29) is 11.0 Å². The van der Waals surface area contributed by atoms with E-state index in [1.54, 1.807) is 12.1 Å². The molecule has 0 bridgehead atoms. The molecule has 0 aromatic heterocycles. The van der Waals surface area contributed by atoms with Crippen molar-refractivity contribution in [3.63, 3.8) is 0 Å². The number of nitrogens with two attached hydrogens (primary N) is 1. The van der Waals surface area contributed by atoms with E-state index in [1.807, 2.05) is 6.92 Å². The molecule has 18 heavy (non-hydrogen) atoms. The topological polar surface area (TPSA) is 69.4 Å². The Morgan fingerprint density at radius 3 is 2.44 bits per heavy atom. The van der Waals surface area contributed by atoms with E-state index in [0.29, 0.717) is 0 Å². The largest absolute Gasteiger partial charge is 0.490 e. The van der Waals surface area contributed by atoms with Crippen LogP contribution in [0.4, 0.5) is 0 Å². The number of benzene rings is 1. The number of hydrogen-bond donors (Lipinski definition) is 1. The average molecular weight is 269 g/mol. The molecule has 1 saturated carbocycles. The van der Waals surface area contributed by atoms with Gasteiger partial charge in [-0.1, -0.05) is 6.42 Å². The van der Waals surface area contributed by atoms with Crippen molar-refractivity contribution in [1.82, 2.24) is 0 Å². The maximum atomic E-state index is 11.2. The fourth-order valence-electron chi connectivity index (χ4n) is 2.29. The minimum absolute atomic E-state index is 0.135. The Bertz CT molecular complexity index is 519. The maximum absolute atomic E-state index is 11.2. The fraction of sp³-hybridized carbons (Fsp3) is 0.538. The molecule has 5 heteroatoms. The summed E-state index contributed by atoms with van der Waals surface area (Å²) in [6, 6.07) is 4.76. The summed E-state index contributed by atoms with van der Waals surface area (Å²) in [6.45, 7) is 1.84. The standard InChI is InChI=1S/C13H19NO3S/c1-10-9-12(18(14,15)16)7-8-13(10)17-11-5-3-2-4-6-11/h7-9,11H,2-6H2,1H3,(H2,14,15,16). The summed E-state index contributed by atoms with van der Waals surface area (Å²) in [5.74, 6) is 0.759. The smallest absolute Gasteiger partial charge is 0.238 e. The Morgan fingerprint density at radius 1 is 1.22 bits per heavy atom. The van der Waals surface area contributed by atoms with Crippen molar-refractivity contribution in [1.29, 1.82) is 0 Å². The van der Waals surface area contributed by atoms with Crippen LogP contribution in [0.25, 0.3) is 0 Å². The third-order valence-electron chi connectivity index (χ3n) is 3.32. The van der Waals surface area contributed by atoms with Gasteiger partial charge in [0.2, 0.25) is 10.0 Å². The van der Waals surface area contributed by atoms with E-state index >= 15 is 0 Å². The summed E-state index contributed by atoms with van der Waals surface area (Å²) >= 11 is 0. The number of primary sulfonamides is 1. The monoisotopic (exact) mass is 269 g/mol. The molecule has 2 N–H and O–H groups in total. The Labute approximate surface area is 108 Å². The van der Waals surface area contributed by atoms with Gasteiger partial charge in [-0.05, 0) is 56.4 Å². The lowest BCUT2D eigenvalue weighted by atomic mass is 9.98. The van der Waals surface area contributed by atoms with Crippen LogP contribution in [-0.2, 0) is 10.0 Å². The molecule has 0 heterocycles. The lowest BCUT2D eigenvalue weighted by Crippen LogP contribution is -2.20. The van der Waals surface area contributed by atoms with E-state index in [0.717, 1.165) is 24.2 Å². The molecule has 0 radical (unpaired) electrons. The third-order valence-corrected chi connectivity index (χ3v) is 4.23. The van der Waals surface area contributed by atoms with Crippen LogP contribution in [0.2, 0.25) is 0 Å². The van der Waals surface area contributed by atoms with Crippen molar-refractivity contribution in [2.75, 3.05) is 0 Å². The van der Waals surface area contributed by atoms with Crippen LogP contribution in [0.3, 0.4) is 0 Å². The first-order chi connectivity index (χ1) is 8.47. The predicted molar refractivity (Wildman–Crippen MR) is 70.1 cm³/mol. The molecule has 0 atom stereocenters. The van der Waals surface area contributed by atoms with Gasteiger partial charge >= 0.3 is 0 Å². The highest BCUT2D eigenvalue weighted by Crippen LogP contribution is 2.27. The molecule has 1 aliphatic rings. The van der Waals surface area contributed by atoms with Gasteiger partial charge in [0.1, 0.15) is 5.75 Å². The maximum Gasteiger partial charge on any atom is 0.238 e. The normalized spacial score (nSPS) is 17.7. The van der Waals surface area contributed by atoms with Gasteiger partial charge in [0, 0.05) is 0 Å². The van der Waals surface area contributed by atoms with Crippen LogP contribution >= 0.6 is 0 Å². The van der Waals surface area contributed by atoms with Gasteiger partial charge in [-0.25, -0.2) is 13.6 Å². The zero-order valence-electron chi connectivity index (χ0n) is 10.6. The van der Waals surface area contributed by atoms with Crippen molar-refractivity contribution in [3.05, 3.63) is 23.8 Å². The highest BCUT2D eigenvalue weighted by Gasteiger charge is 2.16. The first kappa shape index (κ1) is 13.4. The van der Waals surface area contributed by atoms with Crippen LogP contribution in [0.5, 0.6) is 5.75 Å². The first-order valence-electron chi connectivity index (χ1n) is 6.27. The van der Waals surface area contributed by atoms with E-state index in [9.17, 15) is 8.42 Å². The van der Waals surface area contributed by atoms with Gasteiger partial charge in [-0.3, -0.25) is 0 Å². The fourth-order valence-corrected chi connectivity index (χ4v) is 2.89. The number of ether oxygens (including phenoxy) is 1. The molecule has 1 aliphatic carbocycles. The molecule has 2 rings (SSSR count). The molecular weight excluding hydrogens is 250 g/mol. The highest BCUT2D eigenvalue weighted by molar-refractivity contribution is 7.89. The van der Waals surface area contributed by atoms with Gasteiger partial charge in [0.05, 0.1) is 11.0 Å². The molecule has 0 aliphatic heterocycles. The molecule has 0 unspecified atom stereocenters. The van der Waals surface area contributed by atoms with Crippen LogP contribution in [0.15, 0.2) is 23.1 Å². The second-order valence-corrected chi connectivity index (χ2v) is 6.41. The van der Waals surface area contributed by atoms with E-state index in [1.165, 1.54) is 25.3 Å². The molecule has 4 nitrogen and oxygen atoms in total. The summed E-state index contributed by atoms with van der Waals surface area (Å²) in [4.78, 5) is 0.135. The molecule has 0 spiro atoms. The zero-order chi connectivity index (χ0) is 13.2. The van der Waals surface area contributed by atoms with Crippen LogP contribution in [0.1, 0.15) is 37.7 Å². The highest BCUT2D eigenvalue weighted by atomic mass is 32.2. The quantitative estimate of drug-likeness (QED) is 0.915. The van der Waals surface area contributed by atoms with Crippen LogP contribution in [-0.4, -0.2) is 14.5 Å². The molecule has 1 aromatic rings. The minimum atomic E-state index is -3.63. The summed E-state index contributed by atoms with van der Waals surface area (Å²) in [7, 11) is -3.63. The van der Waals surface area contributed by atoms with E-state index < -0.39 is 10.0 Å². The second-order valence-electron chi connectivity index (χ2n) is 4.85. The SMILES string of the molecule is Cc1cc(S(N)(=O)=O)ccc1OC1CCCCC1. The minimum Gasteiger partial charge on any atom is -0.490 e. The molecule has 1 aromatic carbocycles. The predicted octanol–water partition coefficient (Wildman–Crippen LogP) is 2.35. The van der Waals surface area contributed by atoms with Crippen LogP contribution in [0, 0.1) is 6.92 Å². The Kier molecular flexibility index (Phi) is 3.92.